The highest BCUT2D eigenvalue weighted by molar-refractivity contribution is 5.92. The van der Waals surface area contributed by atoms with E-state index in [1.165, 1.54) is 21.0 Å². The molecule has 1 heterocycles. The first kappa shape index (κ1) is 32.1. The van der Waals surface area contributed by atoms with Gasteiger partial charge in [-0.2, -0.15) is 39.5 Å². The van der Waals surface area contributed by atoms with Crippen LogP contribution in [-0.4, -0.2) is 43.6 Å². The fraction of sp³-hybridized carbons (Fsp3) is 0.481. The van der Waals surface area contributed by atoms with Crippen LogP contribution >= 0.6 is 0 Å². The molecular weight excluding hydrogens is 571 g/mol. The third-order valence-corrected chi connectivity index (χ3v) is 6.92. The molecule has 3 rings (SSSR count). The van der Waals surface area contributed by atoms with Gasteiger partial charge in [-0.05, 0) is 67.3 Å². The van der Waals surface area contributed by atoms with Crippen molar-refractivity contribution in [2.75, 3.05) is 25.6 Å². The van der Waals surface area contributed by atoms with Gasteiger partial charge in [0, 0.05) is 26.1 Å². The van der Waals surface area contributed by atoms with Gasteiger partial charge in [0.25, 0.3) is 0 Å². The standard InChI is InChI=1S/C27H27F9N2O3/c1-5-18-13-20(19-12-15(25(28,29)30)7-8-21(19)38(18)24(40)41-6-2)22(23(39)37(3)4)14-9-16(26(31,32)33)11-17(10-14)27(34,35)36/h7-12,18,20,22H,5-6,13H2,1-4H3. The summed E-state index contributed by atoms with van der Waals surface area (Å²) in [5.41, 5.74) is -5.49. The molecule has 2 amide bonds. The molecule has 0 saturated heterocycles. The van der Waals surface area contributed by atoms with Crippen molar-refractivity contribution in [2.45, 2.75) is 63.1 Å². The Balaban J connectivity index is 2.39. The van der Waals surface area contributed by atoms with E-state index in [4.69, 9.17) is 4.74 Å². The van der Waals surface area contributed by atoms with Crippen molar-refractivity contribution in [3.05, 3.63) is 64.2 Å². The van der Waals surface area contributed by atoms with Crippen LogP contribution < -0.4 is 4.90 Å². The van der Waals surface area contributed by atoms with Crippen LogP contribution in [-0.2, 0) is 28.1 Å². The number of likely N-dealkylation sites (N-methyl/N-ethyl adjacent to an activating group) is 1. The zero-order valence-electron chi connectivity index (χ0n) is 22.3. The number of halogens is 9. The number of benzene rings is 2. The Morgan fingerprint density at radius 1 is 0.878 bits per heavy atom. The highest BCUT2D eigenvalue weighted by Crippen LogP contribution is 2.50. The molecule has 226 valence electrons. The highest BCUT2D eigenvalue weighted by Gasteiger charge is 2.45. The van der Waals surface area contributed by atoms with Gasteiger partial charge in [0.1, 0.15) is 0 Å². The summed E-state index contributed by atoms with van der Waals surface area (Å²) in [6, 6.07) is 2.30. The van der Waals surface area contributed by atoms with Gasteiger partial charge >= 0.3 is 24.6 Å². The van der Waals surface area contributed by atoms with Crippen LogP contribution in [0.2, 0.25) is 0 Å². The zero-order valence-corrected chi connectivity index (χ0v) is 22.3. The SMILES string of the molecule is CCOC(=O)N1c2ccc(C(F)(F)F)cc2C(C(C(=O)N(C)C)c2cc(C(F)(F)F)cc(C(F)(F)F)c2)CC1CC. The van der Waals surface area contributed by atoms with Crippen LogP contribution in [0.3, 0.4) is 0 Å². The Morgan fingerprint density at radius 3 is 1.85 bits per heavy atom. The summed E-state index contributed by atoms with van der Waals surface area (Å²) in [6.07, 6.45) is -16.3. The number of rotatable bonds is 5. The molecule has 14 heteroatoms. The Morgan fingerprint density at radius 2 is 1.41 bits per heavy atom. The second-order valence-corrected chi connectivity index (χ2v) is 9.79. The van der Waals surface area contributed by atoms with E-state index >= 15 is 0 Å². The smallest absolute Gasteiger partial charge is 0.416 e. The number of ether oxygens (including phenoxy) is 1. The summed E-state index contributed by atoms with van der Waals surface area (Å²) < 4.78 is 129. The van der Waals surface area contributed by atoms with Gasteiger partial charge in [-0.1, -0.05) is 6.92 Å². The fourth-order valence-electron chi connectivity index (χ4n) is 5.06. The molecule has 0 N–H and O–H groups in total. The van der Waals surface area contributed by atoms with Gasteiger partial charge in [0.05, 0.1) is 34.9 Å². The normalized spacial score (nSPS) is 18.5. The summed E-state index contributed by atoms with van der Waals surface area (Å²) in [7, 11) is 2.46. The molecule has 3 unspecified atom stereocenters. The maximum atomic E-state index is 13.8. The molecule has 41 heavy (non-hydrogen) atoms. The predicted molar refractivity (Wildman–Crippen MR) is 130 cm³/mol. The van der Waals surface area contributed by atoms with Crippen molar-refractivity contribution in [1.82, 2.24) is 4.90 Å². The van der Waals surface area contributed by atoms with E-state index in [9.17, 15) is 49.1 Å². The van der Waals surface area contributed by atoms with E-state index in [0.29, 0.717) is 24.3 Å². The monoisotopic (exact) mass is 598 g/mol. The molecule has 0 fully saturated rings. The first-order chi connectivity index (χ1) is 18.8. The number of anilines is 1. The van der Waals surface area contributed by atoms with Gasteiger partial charge in [-0.3, -0.25) is 9.69 Å². The average molecular weight is 599 g/mol. The van der Waals surface area contributed by atoms with E-state index in [2.05, 4.69) is 0 Å². The maximum Gasteiger partial charge on any atom is 0.416 e. The fourth-order valence-corrected chi connectivity index (χ4v) is 5.06. The minimum absolute atomic E-state index is 0.0721. The Kier molecular flexibility index (Phi) is 8.95. The molecule has 0 bridgehead atoms. The number of carbonyl (C=O) groups excluding carboxylic acids is 2. The largest absolute Gasteiger partial charge is 0.449 e. The molecule has 0 aromatic heterocycles. The number of hydrogen-bond acceptors (Lipinski definition) is 3. The Labute approximate surface area is 229 Å². The van der Waals surface area contributed by atoms with Crippen molar-refractivity contribution >= 4 is 17.7 Å². The third-order valence-electron chi connectivity index (χ3n) is 6.92. The molecule has 0 aliphatic carbocycles. The van der Waals surface area contributed by atoms with Gasteiger partial charge in [0.2, 0.25) is 5.91 Å². The number of nitrogens with zero attached hydrogens (tertiary/aromatic N) is 2. The summed E-state index contributed by atoms with van der Waals surface area (Å²) in [6.45, 7) is 3.08. The molecule has 5 nitrogen and oxygen atoms in total. The van der Waals surface area contributed by atoms with Crippen molar-refractivity contribution in [3.63, 3.8) is 0 Å². The number of hydrogen-bond donors (Lipinski definition) is 0. The molecule has 1 aliphatic rings. The second-order valence-electron chi connectivity index (χ2n) is 9.79. The summed E-state index contributed by atoms with van der Waals surface area (Å²) in [5, 5.41) is 0. The third kappa shape index (κ3) is 6.72. The Bertz CT molecular complexity index is 1250. The average Bonchev–Trinajstić information content (AvgIpc) is 2.86. The predicted octanol–water partition coefficient (Wildman–Crippen LogP) is 7.84. The van der Waals surface area contributed by atoms with Crippen LogP contribution in [0.5, 0.6) is 0 Å². The minimum atomic E-state index is -5.22. The van der Waals surface area contributed by atoms with Crippen LogP contribution in [0.15, 0.2) is 36.4 Å². The zero-order chi connectivity index (χ0) is 31.1. The molecule has 3 atom stereocenters. The van der Waals surface area contributed by atoms with Gasteiger partial charge < -0.3 is 9.64 Å². The lowest BCUT2D eigenvalue weighted by molar-refractivity contribution is -0.143. The van der Waals surface area contributed by atoms with Crippen molar-refractivity contribution < 1.29 is 53.8 Å². The maximum absolute atomic E-state index is 13.8. The number of carbonyl (C=O) groups is 2. The van der Waals surface area contributed by atoms with Crippen molar-refractivity contribution in [3.8, 4) is 0 Å². The van der Waals surface area contributed by atoms with Gasteiger partial charge in [0.15, 0.2) is 0 Å². The summed E-state index contributed by atoms with van der Waals surface area (Å²) in [5.74, 6) is -4.01. The first-order valence-electron chi connectivity index (χ1n) is 12.5. The van der Waals surface area contributed by atoms with Gasteiger partial charge in [-0.25, -0.2) is 4.79 Å². The quantitative estimate of drug-likeness (QED) is 0.330. The minimum Gasteiger partial charge on any atom is -0.449 e. The van der Waals surface area contributed by atoms with E-state index < -0.39 is 70.7 Å². The van der Waals surface area contributed by atoms with E-state index in [1.54, 1.807) is 6.92 Å². The van der Waals surface area contributed by atoms with Crippen molar-refractivity contribution in [2.24, 2.45) is 0 Å². The second kappa shape index (κ2) is 11.4. The number of alkyl halides is 9. The molecule has 2 aromatic rings. The summed E-state index contributed by atoms with van der Waals surface area (Å²) in [4.78, 5) is 28.4. The van der Waals surface area contributed by atoms with Crippen LogP contribution in [0.4, 0.5) is 50.0 Å². The lowest BCUT2D eigenvalue weighted by Crippen LogP contribution is -2.47. The van der Waals surface area contributed by atoms with E-state index in [0.717, 1.165) is 15.9 Å². The number of fused-ring (bicyclic) bond motifs is 1. The lowest BCUT2D eigenvalue weighted by Gasteiger charge is -2.43. The summed E-state index contributed by atoms with van der Waals surface area (Å²) >= 11 is 0. The lowest BCUT2D eigenvalue weighted by atomic mass is 9.72. The van der Waals surface area contributed by atoms with Crippen LogP contribution in [0.25, 0.3) is 0 Å². The van der Waals surface area contributed by atoms with E-state index in [-0.39, 0.29) is 36.8 Å². The first-order valence-corrected chi connectivity index (χ1v) is 12.5. The van der Waals surface area contributed by atoms with Crippen LogP contribution in [0.1, 0.15) is 66.3 Å². The van der Waals surface area contributed by atoms with Crippen LogP contribution in [0, 0.1) is 0 Å². The van der Waals surface area contributed by atoms with Gasteiger partial charge in [-0.15, -0.1) is 0 Å². The molecule has 0 radical (unpaired) electrons. The Hall–Kier alpha value is -3.45. The molecule has 0 spiro atoms. The molecule has 2 aromatic carbocycles. The van der Waals surface area contributed by atoms with E-state index in [1.807, 2.05) is 0 Å². The molecule has 0 saturated carbocycles. The van der Waals surface area contributed by atoms with Crippen molar-refractivity contribution in [1.29, 1.82) is 0 Å². The highest BCUT2D eigenvalue weighted by atomic mass is 19.4. The molecule has 1 aliphatic heterocycles. The molecular formula is C27H27F9N2O3. The number of amides is 2. The topological polar surface area (TPSA) is 49.9 Å².